The minimum atomic E-state index is -0.459. The normalized spacial score (nSPS) is 19.8. The molecular formula is C14H16N2O. The van der Waals surface area contributed by atoms with Crippen molar-refractivity contribution in [1.82, 2.24) is 0 Å². The van der Waals surface area contributed by atoms with Crippen LogP contribution in [-0.4, -0.2) is 18.9 Å². The molecular weight excluding hydrogens is 212 g/mol. The van der Waals surface area contributed by atoms with Gasteiger partial charge in [0.05, 0.1) is 12.6 Å². The first-order valence-electron chi connectivity index (χ1n) is 5.89. The molecule has 1 heterocycles. The Morgan fingerprint density at radius 3 is 2.47 bits per heavy atom. The average Bonchev–Trinajstić information content (AvgIpc) is 2.70. The summed E-state index contributed by atoms with van der Waals surface area (Å²) in [6.07, 6.45) is 0. The van der Waals surface area contributed by atoms with E-state index in [4.69, 9.17) is 5.26 Å². The van der Waals surface area contributed by atoms with Gasteiger partial charge in [-0.15, -0.1) is 0 Å². The number of rotatable bonds is 2. The van der Waals surface area contributed by atoms with E-state index in [1.54, 1.807) is 0 Å². The topological polar surface area (TPSA) is 44.1 Å². The smallest absolute Gasteiger partial charge is 0.170 e. The molecule has 0 aliphatic carbocycles. The van der Waals surface area contributed by atoms with Crippen LogP contribution in [-0.2, 0) is 4.79 Å². The van der Waals surface area contributed by atoms with Crippen molar-refractivity contribution in [2.75, 3.05) is 18.0 Å². The fraction of sp³-hybridized carbons (Fsp3) is 0.429. The third-order valence-corrected chi connectivity index (χ3v) is 3.22. The molecule has 0 radical (unpaired) electrons. The maximum atomic E-state index is 11.5. The number of hydrogen-bond donors (Lipinski definition) is 0. The van der Waals surface area contributed by atoms with Gasteiger partial charge in [-0.2, -0.15) is 5.26 Å². The van der Waals surface area contributed by atoms with Gasteiger partial charge in [-0.1, -0.05) is 26.0 Å². The molecule has 0 bridgehead atoms. The van der Waals surface area contributed by atoms with Crippen molar-refractivity contribution in [3.8, 4) is 6.07 Å². The number of nitrogens with zero attached hydrogens (tertiary/aromatic N) is 2. The van der Waals surface area contributed by atoms with Crippen molar-refractivity contribution >= 4 is 11.5 Å². The minimum Gasteiger partial charge on any atom is -0.362 e. The summed E-state index contributed by atoms with van der Waals surface area (Å²) in [5.41, 5.74) is 2.32. The first kappa shape index (κ1) is 11.7. The van der Waals surface area contributed by atoms with Crippen LogP contribution >= 0.6 is 0 Å². The molecule has 1 aliphatic heterocycles. The van der Waals surface area contributed by atoms with Gasteiger partial charge >= 0.3 is 0 Å². The third kappa shape index (κ3) is 2.31. The summed E-state index contributed by atoms with van der Waals surface area (Å²) in [7, 11) is 0. The predicted octanol–water partition coefficient (Wildman–Crippen LogP) is 2.34. The van der Waals surface area contributed by atoms with Gasteiger partial charge in [-0.05, 0) is 23.6 Å². The van der Waals surface area contributed by atoms with Gasteiger partial charge in [0, 0.05) is 12.2 Å². The van der Waals surface area contributed by atoms with Crippen molar-refractivity contribution in [2.24, 2.45) is 5.92 Å². The van der Waals surface area contributed by atoms with Gasteiger partial charge in [0.1, 0.15) is 5.92 Å². The lowest BCUT2D eigenvalue weighted by molar-refractivity contribution is -0.118. The third-order valence-electron chi connectivity index (χ3n) is 3.22. The van der Waals surface area contributed by atoms with Crippen LogP contribution in [0.1, 0.15) is 25.3 Å². The molecule has 1 fully saturated rings. The number of hydrogen-bond acceptors (Lipinski definition) is 3. The molecule has 0 unspecified atom stereocenters. The quantitative estimate of drug-likeness (QED) is 0.780. The Kier molecular flexibility index (Phi) is 3.14. The first-order chi connectivity index (χ1) is 8.11. The summed E-state index contributed by atoms with van der Waals surface area (Å²) in [5, 5.41) is 8.82. The molecule has 2 rings (SSSR count). The van der Waals surface area contributed by atoms with E-state index in [9.17, 15) is 4.79 Å². The second kappa shape index (κ2) is 4.58. The second-order valence-electron chi connectivity index (χ2n) is 4.77. The molecule has 0 N–H and O–H groups in total. The van der Waals surface area contributed by atoms with Gasteiger partial charge in [0.2, 0.25) is 0 Å². The monoisotopic (exact) mass is 228 g/mol. The van der Waals surface area contributed by atoms with Crippen LogP contribution < -0.4 is 4.90 Å². The highest BCUT2D eigenvalue weighted by Crippen LogP contribution is 2.24. The van der Waals surface area contributed by atoms with Crippen LogP contribution in [0, 0.1) is 17.2 Å². The number of anilines is 1. The SMILES string of the molecule is CC(C)c1ccc(N2CC(=O)[C@H](C#N)C2)cc1. The van der Waals surface area contributed by atoms with E-state index in [0.717, 1.165) is 5.69 Å². The second-order valence-corrected chi connectivity index (χ2v) is 4.77. The summed E-state index contributed by atoms with van der Waals surface area (Å²) in [6, 6.07) is 10.3. The Hall–Kier alpha value is -1.82. The molecule has 1 aromatic carbocycles. The Morgan fingerprint density at radius 1 is 1.35 bits per heavy atom. The van der Waals surface area contributed by atoms with Crippen molar-refractivity contribution < 1.29 is 4.79 Å². The zero-order valence-corrected chi connectivity index (χ0v) is 10.2. The van der Waals surface area contributed by atoms with Crippen molar-refractivity contribution in [1.29, 1.82) is 5.26 Å². The number of benzene rings is 1. The van der Waals surface area contributed by atoms with Crippen LogP contribution in [0.15, 0.2) is 24.3 Å². The highest BCUT2D eigenvalue weighted by Gasteiger charge is 2.30. The highest BCUT2D eigenvalue weighted by atomic mass is 16.1. The Labute approximate surface area is 102 Å². The zero-order valence-electron chi connectivity index (χ0n) is 10.2. The maximum Gasteiger partial charge on any atom is 0.170 e. The van der Waals surface area contributed by atoms with Crippen molar-refractivity contribution in [3.05, 3.63) is 29.8 Å². The van der Waals surface area contributed by atoms with E-state index < -0.39 is 5.92 Å². The summed E-state index contributed by atoms with van der Waals surface area (Å²) in [4.78, 5) is 13.5. The van der Waals surface area contributed by atoms with E-state index in [0.29, 0.717) is 19.0 Å². The van der Waals surface area contributed by atoms with Crippen molar-refractivity contribution in [3.63, 3.8) is 0 Å². The molecule has 1 aromatic rings. The number of nitriles is 1. The van der Waals surface area contributed by atoms with E-state index >= 15 is 0 Å². The molecule has 17 heavy (non-hydrogen) atoms. The standard InChI is InChI=1S/C14H16N2O/c1-10(2)11-3-5-13(6-4-11)16-8-12(7-15)14(17)9-16/h3-6,10,12H,8-9H2,1-2H3/t12-/m1/s1. The molecule has 0 saturated carbocycles. The molecule has 88 valence electrons. The van der Waals surface area contributed by atoms with Gasteiger partial charge in [0.15, 0.2) is 5.78 Å². The van der Waals surface area contributed by atoms with Gasteiger partial charge in [-0.25, -0.2) is 0 Å². The van der Waals surface area contributed by atoms with Crippen molar-refractivity contribution in [2.45, 2.75) is 19.8 Å². The van der Waals surface area contributed by atoms with Crippen LogP contribution in [0.2, 0.25) is 0 Å². The predicted molar refractivity (Wildman–Crippen MR) is 66.9 cm³/mol. The molecule has 0 aromatic heterocycles. The fourth-order valence-corrected chi connectivity index (χ4v) is 2.06. The first-order valence-corrected chi connectivity index (χ1v) is 5.89. The molecule has 0 spiro atoms. The molecule has 1 saturated heterocycles. The molecule has 3 heteroatoms. The number of Topliss-reactive ketones (excluding diaryl/α,β-unsaturated/α-hetero) is 1. The van der Waals surface area contributed by atoms with Crippen LogP contribution in [0.25, 0.3) is 0 Å². The average molecular weight is 228 g/mol. The maximum absolute atomic E-state index is 11.5. The van der Waals surface area contributed by atoms with Crippen LogP contribution in [0.5, 0.6) is 0 Å². The van der Waals surface area contributed by atoms with E-state index in [2.05, 4.69) is 32.0 Å². The van der Waals surface area contributed by atoms with Crippen LogP contribution in [0.4, 0.5) is 5.69 Å². The Bertz CT molecular complexity index is 456. The fourth-order valence-electron chi connectivity index (χ4n) is 2.06. The van der Waals surface area contributed by atoms with E-state index in [-0.39, 0.29) is 5.78 Å². The number of carbonyl (C=O) groups excluding carboxylic acids is 1. The van der Waals surface area contributed by atoms with Gasteiger partial charge in [0.25, 0.3) is 0 Å². The van der Waals surface area contributed by atoms with E-state index in [1.165, 1.54) is 5.56 Å². The van der Waals surface area contributed by atoms with Gasteiger partial charge in [-0.3, -0.25) is 4.79 Å². The number of carbonyl (C=O) groups is 1. The van der Waals surface area contributed by atoms with Gasteiger partial charge < -0.3 is 4.90 Å². The van der Waals surface area contributed by atoms with Crippen LogP contribution in [0.3, 0.4) is 0 Å². The Morgan fingerprint density at radius 2 is 2.00 bits per heavy atom. The molecule has 3 nitrogen and oxygen atoms in total. The lowest BCUT2D eigenvalue weighted by Gasteiger charge is -2.17. The number of ketones is 1. The molecule has 0 amide bonds. The zero-order chi connectivity index (χ0) is 12.4. The molecule has 1 aliphatic rings. The van der Waals surface area contributed by atoms with E-state index in [1.807, 2.05) is 17.0 Å². The largest absolute Gasteiger partial charge is 0.362 e. The summed E-state index contributed by atoms with van der Waals surface area (Å²) >= 11 is 0. The summed E-state index contributed by atoms with van der Waals surface area (Å²) < 4.78 is 0. The lowest BCUT2D eigenvalue weighted by atomic mass is 10.0. The molecule has 1 atom stereocenters. The summed E-state index contributed by atoms with van der Waals surface area (Å²) in [6.45, 7) is 5.19. The Balaban J connectivity index is 2.14. The highest BCUT2D eigenvalue weighted by molar-refractivity contribution is 5.91. The lowest BCUT2D eigenvalue weighted by Crippen LogP contribution is -2.19. The summed E-state index contributed by atoms with van der Waals surface area (Å²) in [5.74, 6) is 0.0799. The minimum absolute atomic E-state index is 0.0282.